The number of hydrogen-bond donors (Lipinski definition) is 1. The molecule has 0 aromatic carbocycles. The van der Waals surface area contributed by atoms with Gasteiger partial charge in [-0.25, -0.2) is 9.98 Å². The summed E-state index contributed by atoms with van der Waals surface area (Å²) in [5.74, 6) is 1.68. The number of H-pyrrole nitrogens is 1. The maximum absolute atomic E-state index is 4.21. The zero-order valence-corrected chi connectivity index (χ0v) is 7.31. The van der Waals surface area contributed by atoms with Crippen molar-refractivity contribution in [1.82, 2.24) is 14.5 Å². The number of aromatic nitrogens is 3. The summed E-state index contributed by atoms with van der Waals surface area (Å²) in [5.41, 5.74) is 0. The number of nitrogens with zero attached hydrogens (tertiary/aromatic N) is 3. The number of aryl methyl sites for hydroxylation is 1. The number of rotatable bonds is 2. The molecule has 2 rings (SSSR count). The molecule has 0 bridgehead atoms. The number of hydrogen-bond acceptors (Lipinski definition) is 2. The number of imidazole rings is 1. The lowest BCUT2D eigenvalue weighted by Crippen LogP contribution is -1.94. The molecule has 4 nitrogen and oxygen atoms in total. The molecule has 0 amide bonds. The maximum Gasteiger partial charge on any atom is 0.150 e. The maximum atomic E-state index is 4.21. The van der Waals surface area contributed by atoms with Crippen LogP contribution in [0.1, 0.15) is 5.82 Å². The van der Waals surface area contributed by atoms with E-state index >= 15 is 0 Å². The van der Waals surface area contributed by atoms with Crippen molar-refractivity contribution in [2.75, 3.05) is 0 Å². The smallest absolute Gasteiger partial charge is 0.150 e. The molecule has 1 N–H and O–H groups in total. The van der Waals surface area contributed by atoms with E-state index in [1.54, 1.807) is 12.4 Å². The van der Waals surface area contributed by atoms with E-state index in [2.05, 4.69) is 15.0 Å². The monoisotopic (exact) mass is 174 g/mol. The van der Waals surface area contributed by atoms with E-state index in [-0.39, 0.29) is 0 Å². The highest BCUT2D eigenvalue weighted by molar-refractivity contribution is 5.77. The lowest BCUT2D eigenvalue weighted by Gasteiger charge is -1.91. The van der Waals surface area contributed by atoms with E-state index in [0.717, 1.165) is 11.6 Å². The molecule has 0 atom stereocenters. The van der Waals surface area contributed by atoms with Crippen molar-refractivity contribution in [3.05, 3.63) is 36.5 Å². The number of aromatic amines is 1. The van der Waals surface area contributed by atoms with Crippen LogP contribution >= 0.6 is 0 Å². The van der Waals surface area contributed by atoms with Gasteiger partial charge >= 0.3 is 0 Å². The molecular formula is C9H10N4. The molecule has 13 heavy (non-hydrogen) atoms. The molecule has 66 valence electrons. The van der Waals surface area contributed by atoms with Gasteiger partial charge < -0.3 is 9.55 Å². The molecule has 0 fully saturated rings. The van der Waals surface area contributed by atoms with Crippen LogP contribution in [0, 0.1) is 0 Å². The molecule has 2 heterocycles. The Labute approximate surface area is 76.0 Å². The Morgan fingerprint density at radius 1 is 1.62 bits per heavy atom. The first-order chi connectivity index (χ1) is 6.36. The van der Waals surface area contributed by atoms with Crippen LogP contribution in [0.15, 0.2) is 35.7 Å². The van der Waals surface area contributed by atoms with Crippen molar-refractivity contribution in [1.29, 1.82) is 0 Å². The minimum absolute atomic E-state index is 0.836. The van der Waals surface area contributed by atoms with E-state index < -0.39 is 0 Å². The van der Waals surface area contributed by atoms with Crippen LogP contribution in [0.3, 0.4) is 0 Å². The molecule has 0 aliphatic heterocycles. The van der Waals surface area contributed by atoms with Crippen LogP contribution in [-0.4, -0.2) is 20.7 Å². The van der Waals surface area contributed by atoms with E-state index in [4.69, 9.17) is 0 Å². The van der Waals surface area contributed by atoms with Crippen molar-refractivity contribution < 1.29 is 0 Å². The summed E-state index contributed by atoms with van der Waals surface area (Å²) in [6.07, 6.45) is 7.20. The molecule has 4 heteroatoms. The largest absolute Gasteiger partial charge is 0.347 e. The van der Waals surface area contributed by atoms with Gasteiger partial charge in [-0.15, -0.1) is 0 Å². The van der Waals surface area contributed by atoms with Crippen molar-refractivity contribution in [3.63, 3.8) is 0 Å². The third-order valence-electron chi connectivity index (χ3n) is 1.76. The van der Waals surface area contributed by atoms with Crippen LogP contribution in [0.2, 0.25) is 0 Å². The topological polar surface area (TPSA) is 46.0 Å². The van der Waals surface area contributed by atoms with E-state index in [1.807, 2.05) is 36.1 Å². The molecule has 0 saturated heterocycles. The minimum atomic E-state index is 0.836. The molecule has 0 saturated carbocycles. The van der Waals surface area contributed by atoms with Crippen molar-refractivity contribution in [3.8, 4) is 0 Å². The first kappa shape index (κ1) is 7.79. The second-order valence-corrected chi connectivity index (χ2v) is 2.71. The van der Waals surface area contributed by atoms with E-state index in [1.165, 1.54) is 0 Å². The normalized spacial score (nSPS) is 11.2. The average molecular weight is 174 g/mol. The fourth-order valence-corrected chi connectivity index (χ4v) is 1.03. The Balaban J connectivity index is 2.19. The zero-order chi connectivity index (χ0) is 9.10. The Bertz CT molecular complexity index is 397. The van der Waals surface area contributed by atoms with E-state index in [0.29, 0.717) is 0 Å². The zero-order valence-electron chi connectivity index (χ0n) is 7.31. The Morgan fingerprint density at radius 3 is 3.15 bits per heavy atom. The second kappa shape index (κ2) is 3.26. The summed E-state index contributed by atoms with van der Waals surface area (Å²) in [5, 5.41) is 0. The number of nitrogens with one attached hydrogen (secondary N) is 1. The van der Waals surface area contributed by atoms with Gasteiger partial charge in [0.15, 0.2) is 5.82 Å². The Kier molecular flexibility index (Phi) is 1.96. The summed E-state index contributed by atoms with van der Waals surface area (Å²) in [6.45, 7) is 0. The molecule has 0 spiro atoms. The summed E-state index contributed by atoms with van der Waals surface area (Å²) in [7, 11) is 1.93. The highest BCUT2D eigenvalue weighted by Crippen LogP contribution is 2.05. The molecule has 0 aliphatic carbocycles. The van der Waals surface area contributed by atoms with Crippen molar-refractivity contribution in [2.45, 2.75) is 0 Å². The molecule has 2 aromatic heterocycles. The second-order valence-electron chi connectivity index (χ2n) is 2.71. The standard InChI is InChI=1S/C9H10N4/c1-13-6-5-11-9(13)7-12-8-3-2-4-10-8/h2-7,10H,1H3. The molecule has 0 aliphatic rings. The predicted molar refractivity (Wildman–Crippen MR) is 51.3 cm³/mol. The Hall–Kier alpha value is -1.84. The SMILES string of the molecule is Cn1ccnc1C=Nc1ccc[nH]1. The number of aliphatic imine (C=N–C) groups is 1. The van der Waals surface area contributed by atoms with Gasteiger partial charge in [-0.2, -0.15) is 0 Å². The third-order valence-corrected chi connectivity index (χ3v) is 1.76. The van der Waals surface area contributed by atoms with Crippen molar-refractivity contribution in [2.24, 2.45) is 12.0 Å². The molecule has 0 radical (unpaired) electrons. The van der Waals surface area contributed by atoms with Gasteiger partial charge in [-0.1, -0.05) is 0 Å². The van der Waals surface area contributed by atoms with Crippen LogP contribution in [0.4, 0.5) is 5.82 Å². The Morgan fingerprint density at radius 2 is 2.54 bits per heavy atom. The summed E-state index contributed by atoms with van der Waals surface area (Å²) in [6, 6.07) is 3.81. The van der Waals surface area contributed by atoms with Gasteiger partial charge in [-0.3, -0.25) is 0 Å². The van der Waals surface area contributed by atoms with Gasteiger partial charge in [0, 0.05) is 25.6 Å². The highest BCUT2D eigenvalue weighted by atomic mass is 15.0. The van der Waals surface area contributed by atoms with Crippen LogP contribution in [0.25, 0.3) is 0 Å². The molecule has 2 aromatic rings. The fourth-order valence-electron chi connectivity index (χ4n) is 1.03. The quantitative estimate of drug-likeness (QED) is 0.689. The third kappa shape index (κ3) is 1.66. The first-order valence-corrected chi connectivity index (χ1v) is 4.01. The first-order valence-electron chi connectivity index (χ1n) is 4.01. The van der Waals surface area contributed by atoms with Gasteiger partial charge in [0.2, 0.25) is 0 Å². The average Bonchev–Trinajstić information content (AvgIpc) is 2.72. The predicted octanol–water partition coefficient (Wildman–Crippen LogP) is 1.50. The van der Waals surface area contributed by atoms with Gasteiger partial charge in [0.1, 0.15) is 5.82 Å². The van der Waals surface area contributed by atoms with Gasteiger partial charge in [-0.05, 0) is 12.1 Å². The lowest BCUT2D eigenvalue weighted by atomic mass is 10.6. The minimum Gasteiger partial charge on any atom is -0.347 e. The summed E-state index contributed by atoms with van der Waals surface area (Å²) < 4.78 is 1.91. The molecular weight excluding hydrogens is 164 g/mol. The molecule has 0 unspecified atom stereocenters. The van der Waals surface area contributed by atoms with Gasteiger partial charge in [0.05, 0.1) is 6.21 Å². The van der Waals surface area contributed by atoms with Crippen LogP contribution < -0.4 is 0 Å². The fraction of sp³-hybridized carbons (Fsp3) is 0.111. The van der Waals surface area contributed by atoms with E-state index in [9.17, 15) is 0 Å². The van der Waals surface area contributed by atoms with Crippen LogP contribution in [0.5, 0.6) is 0 Å². The summed E-state index contributed by atoms with van der Waals surface area (Å²) in [4.78, 5) is 11.3. The van der Waals surface area contributed by atoms with Gasteiger partial charge in [0.25, 0.3) is 0 Å². The van der Waals surface area contributed by atoms with Crippen molar-refractivity contribution >= 4 is 12.0 Å². The highest BCUT2D eigenvalue weighted by Gasteiger charge is 1.93. The lowest BCUT2D eigenvalue weighted by molar-refractivity contribution is 0.902. The summed E-state index contributed by atoms with van der Waals surface area (Å²) >= 11 is 0. The van der Waals surface area contributed by atoms with Crippen LogP contribution in [-0.2, 0) is 7.05 Å².